The first-order chi connectivity index (χ1) is 21.2. The Labute approximate surface area is 260 Å². The minimum absolute atomic E-state index is 0.117. The molecule has 11 nitrogen and oxygen atoms in total. The number of rotatable bonds is 22. The number of phosphoric acid groups is 1. The van der Waals surface area contributed by atoms with E-state index < -0.39 is 49.4 Å². The van der Waals surface area contributed by atoms with Gasteiger partial charge in [-0.2, -0.15) is 4.39 Å². The third-order valence-electron chi connectivity index (χ3n) is 8.74. The van der Waals surface area contributed by atoms with Crippen LogP contribution in [-0.4, -0.2) is 57.7 Å². The van der Waals surface area contributed by atoms with Gasteiger partial charge in [-0.05, 0) is 19.3 Å². The van der Waals surface area contributed by atoms with Crippen molar-refractivity contribution >= 4 is 7.82 Å². The van der Waals surface area contributed by atoms with Gasteiger partial charge in [0.25, 0.3) is 5.56 Å². The van der Waals surface area contributed by atoms with Gasteiger partial charge in [0.2, 0.25) is 5.82 Å². The Morgan fingerprint density at radius 2 is 1.59 bits per heavy atom. The quantitative estimate of drug-likeness (QED) is 0.0998. The van der Waals surface area contributed by atoms with Crippen LogP contribution in [0.25, 0.3) is 0 Å². The summed E-state index contributed by atoms with van der Waals surface area (Å²) in [6.07, 6.45) is 18.8. The second-order valence-electron chi connectivity index (χ2n) is 12.4. The number of aromatic nitrogens is 2. The molecule has 3 N–H and O–H groups in total. The highest BCUT2D eigenvalue weighted by Gasteiger charge is 2.42. The number of halogens is 1. The number of phosphoric ester groups is 1. The number of aromatic amines is 1. The Morgan fingerprint density at radius 3 is 2.25 bits per heavy atom. The van der Waals surface area contributed by atoms with Crippen molar-refractivity contribution in [3.63, 3.8) is 0 Å². The summed E-state index contributed by atoms with van der Waals surface area (Å²) in [5.74, 6) is -0.166. The van der Waals surface area contributed by atoms with Crippen molar-refractivity contribution in [1.82, 2.24) is 9.55 Å². The van der Waals surface area contributed by atoms with E-state index in [4.69, 9.17) is 18.5 Å². The molecule has 44 heavy (non-hydrogen) atoms. The summed E-state index contributed by atoms with van der Waals surface area (Å²) in [5, 5.41) is 10.3. The van der Waals surface area contributed by atoms with Crippen LogP contribution in [0.4, 0.5) is 4.39 Å². The summed E-state index contributed by atoms with van der Waals surface area (Å²) in [6.45, 7) is 1.94. The molecule has 1 aliphatic carbocycles. The van der Waals surface area contributed by atoms with Gasteiger partial charge in [0.1, 0.15) is 12.3 Å². The van der Waals surface area contributed by atoms with Crippen LogP contribution in [0.2, 0.25) is 0 Å². The number of nitrogens with zero attached hydrogens (tertiary/aromatic N) is 1. The van der Waals surface area contributed by atoms with Crippen LogP contribution in [0.5, 0.6) is 0 Å². The molecule has 1 saturated carbocycles. The highest BCUT2D eigenvalue weighted by Crippen LogP contribution is 2.46. The number of nitrogens with one attached hydrogen (secondary N) is 1. The molecule has 0 amide bonds. The predicted octanol–water partition coefficient (Wildman–Crippen LogP) is 6.12. The molecule has 254 valence electrons. The lowest BCUT2D eigenvalue weighted by Gasteiger charge is -2.24. The van der Waals surface area contributed by atoms with E-state index in [1.807, 2.05) is 4.98 Å². The first kappa shape index (κ1) is 37.1. The smallest absolute Gasteiger partial charge is 0.390 e. The van der Waals surface area contributed by atoms with Gasteiger partial charge >= 0.3 is 13.5 Å². The molecule has 13 heteroatoms. The van der Waals surface area contributed by atoms with Gasteiger partial charge in [-0.15, -0.1) is 0 Å². The molecule has 1 saturated heterocycles. The molecule has 0 spiro atoms. The van der Waals surface area contributed by atoms with E-state index in [2.05, 4.69) is 0 Å². The Morgan fingerprint density at radius 1 is 0.977 bits per heavy atom. The molecular formula is C31H54FN2O9P. The summed E-state index contributed by atoms with van der Waals surface area (Å²) < 4.78 is 48.0. The maximum Gasteiger partial charge on any atom is 0.472 e. The van der Waals surface area contributed by atoms with Crippen molar-refractivity contribution in [3.8, 4) is 0 Å². The summed E-state index contributed by atoms with van der Waals surface area (Å²) in [4.78, 5) is 35.1. The second-order valence-corrected chi connectivity index (χ2v) is 13.8. The number of unbranched alkanes of at least 4 members (excludes halogenated alkanes) is 10. The van der Waals surface area contributed by atoms with E-state index in [1.165, 1.54) is 103 Å². The topological polar surface area (TPSA) is 149 Å². The lowest BCUT2D eigenvalue weighted by atomic mass is 9.85. The molecule has 2 fully saturated rings. The maximum atomic E-state index is 13.6. The normalized spacial score (nSPS) is 23.1. The molecule has 3 rings (SSSR count). The van der Waals surface area contributed by atoms with Crippen molar-refractivity contribution in [1.29, 1.82) is 0 Å². The van der Waals surface area contributed by atoms with Crippen LogP contribution >= 0.6 is 7.82 Å². The zero-order valence-corrected chi connectivity index (χ0v) is 27.2. The van der Waals surface area contributed by atoms with Crippen molar-refractivity contribution in [2.45, 2.75) is 147 Å². The van der Waals surface area contributed by atoms with Crippen molar-refractivity contribution in [2.24, 2.45) is 5.92 Å². The third-order valence-corrected chi connectivity index (χ3v) is 9.85. The zero-order chi connectivity index (χ0) is 31.8. The summed E-state index contributed by atoms with van der Waals surface area (Å²) >= 11 is 0. The Bertz CT molecular complexity index is 1110. The van der Waals surface area contributed by atoms with E-state index in [9.17, 15) is 28.5 Å². The van der Waals surface area contributed by atoms with Crippen LogP contribution in [0.1, 0.15) is 129 Å². The van der Waals surface area contributed by atoms with Crippen LogP contribution in [-0.2, 0) is 23.1 Å². The SMILES string of the molecule is C[C@@H](OP(=O)(O)OCCOCCCCCCCCCCCCCC1CCCCC1)[C@H]1O[C@@H](n2cc(F)c(=O)[nH]c2=O)C[C@@H]1O. The first-order valence-corrected chi connectivity index (χ1v) is 18.2. The number of H-pyrrole nitrogens is 1. The van der Waals surface area contributed by atoms with E-state index >= 15 is 0 Å². The van der Waals surface area contributed by atoms with Crippen LogP contribution < -0.4 is 11.2 Å². The molecule has 5 atom stereocenters. The fraction of sp³-hybridized carbons (Fsp3) is 0.871. The molecule has 1 aromatic rings. The van der Waals surface area contributed by atoms with Crippen LogP contribution in [0.15, 0.2) is 15.8 Å². The van der Waals surface area contributed by atoms with Gasteiger partial charge in [-0.25, -0.2) is 9.36 Å². The Kier molecular flexibility index (Phi) is 16.8. The van der Waals surface area contributed by atoms with Gasteiger partial charge < -0.3 is 19.5 Å². The second kappa shape index (κ2) is 20.0. The molecule has 1 aliphatic heterocycles. The molecule has 0 bridgehead atoms. The highest BCUT2D eigenvalue weighted by atomic mass is 31.2. The Hall–Kier alpha value is -1.40. The third kappa shape index (κ3) is 13.5. The predicted molar refractivity (Wildman–Crippen MR) is 165 cm³/mol. The summed E-state index contributed by atoms with van der Waals surface area (Å²) in [7, 11) is -4.48. The molecule has 2 heterocycles. The van der Waals surface area contributed by atoms with Gasteiger partial charge in [0, 0.05) is 13.0 Å². The maximum absolute atomic E-state index is 13.6. The molecule has 0 radical (unpaired) electrons. The largest absolute Gasteiger partial charge is 0.472 e. The van der Waals surface area contributed by atoms with E-state index in [-0.39, 0.29) is 19.6 Å². The van der Waals surface area contributed by atoms with Gasteiger partial charge in [-0.3, -0.25) is 23.4 Å². The van der Waals surface area contributed by atoms with E-state index in [0.29, 0.717) is 12.8 Å². The summed E-state index contributed by atoms with van der Waals surface area (Å²) in [6, 6.07) is 0. The molecule has 1 unspecified atom stereocenters. The number of aliphatic hydroxyl groups excluding tert-OH is 1. The molecule has 0 aromatic carbocycles. The van der Waals surface area contributed by atoms with E-state index in [1.54, 1.807) is 0 Å². The molecule has 1 aromatic heterocycles. The van der Waals surface area contributed by atoms with Gasteiger partial charge in [-0.1, -0.05) is 103 Å². The minimum Gasteiger partial charge on any atom is -0.390 e. The molecular weight excluding hydrogens is 594 g/mol. The van der Waals surface area contributed by atoms with Crippen molar-refractivity contribution < 1.29 is 37.5 Å². The average Bonchev–Trinajstić information content (AvgIpc) is 3.38. The minimum atomic E-state index is -4.48. The average molecular weight is 649 g/mol. The summed E-state index contributed by atoms with van der Waals surface area (Å²) in [5.41, 5.74) is -2.07. The van der Waals surface area contributed by atoms with Crippen LogP contribution in [0, 0.1) is 11.7 Å². The number of hydrogen-bond donors (Lipinski definition) is 3. The standard InChI is InChI=1S/C31H54FN2O9P/c1-24(29-27(35)22-28(42-29)34-23-26(32)30(36)33-31(34)37)43-44(38,39)41-21-20-40-19-15-10-8-6-4-2-3-5-7-9-12-16-25-17-13-11-14-18-25/h23-25,27-29,35H,2-22H2,1H3,(H,38,39)(H,33,36,37)/t24-,27+,28-,29-/m1/s1. The van der Waals surface area contributed by atoms with Crippen molar-refractivity contribution in [3.05, 3.63) is 32.9 Å². The Balaban J connectivity index is 1.14. The van der Waals surface area contributed by atoms with E-state index in [0.717, 1.165) is 23.3 Å². The number of ether oxygens (including phenoxy) is 2. The van der Waals surface area contributed by atoms with Crippen LogP contribution in [0.3, 0.4) is 0 Å². The fourth-order valence-electron chi connectivity index (χ4n) is 6.26. The van der Waals surface area contributed by atoms with Gasteiger partial charge in [0.05, 0.1) is 31.6 Å². The first-order valence-electron chi connectivity index (χ1n) is 16.7. The number of aliphatic hydroxyl groups is 1. The monoisotopic (exact) mass is 648 g/mol. The highest BCUT2D eigenvalue weighted by molar-refractivity contribution is 7.47. The zero-order valence-electron chi connectivity index (χ0n) is 26.3. The molecule has 2 aliphatic rings. The van der Waals surface area contributed by atoms with Crippen molar-refractivity contribution in [2.75, 3.05) is 19.8 Å². The lowest BCUT2D eigenvalue weighted by Crippen LogP contribution is -2.35. The van der Waals surface area contributed by atoms with Gasteiger partial charge in [0.15, 0.2) is 0 Å². The fourth-order valence-corrected chi connectivity index (χ4v) is 7.17. The number of hydrogen-bond acceptors (Lipinski definition) is 8. The lowest BCUT2D eigenvalue weighted by molar-refractivity contribution is -0.0773.